The van der Waals surface area contributed by atoms with Crippen molar-refractivity contribution in [2.24, 2.45) is 0 Å². The average Bonchev–Trinajstić information content (AvgIpc) is 3.27. The number of anilines is 1. The molecule has 2 heterocycles. The van der Waals surface area contributed by atoms with Gasteiger partial charge in [-0.25, -0.2) is 4.90 Å². The maximum absolute atomic E-state index is 13.0. The fourth-order valence-electron chi connectivity index (χ4n) is 4.19. The number of amides is 2. The molecular weight excluding hydrogens is 398 g/mol. The first-order chi connectivity index (χ1) is 14.6. The third kappa shape index (κ3) is 3.26. The van der Waals surface area contributed by atoms with Crippen LogP contribution < -0.4 is 10.2 Å². The molecule has 1 saturated heterocycles. The average molecular weight is 418 g/mol. The molecule has 2 N–H and O–H groups in total. The summed E-state index contributed by atoms with van der Waals surface area (Å²) in [7, 11) is 0. The van der Waals surface area contributed by atoms with E-state index in [4.69, 9.17) is 11.6 Å². The maximum Gasteiger partial charge on any atom is 0.251 e. The number of carbonyl (C=O) groups excluding carboxylic acids is 2. The Balaban J connectivity index is 1.31. The van der Waals surface area contributed by atoms with Gasteiger partial charge in [0.15, 0.2) is 0 Å². The molecule has 30 heavy (non-hydrogen) atoms. The number of benzene rings is 3. The van der Waals surface area contributed by atoms with Gasteiger partial charge in [0.1, 0.15) is 0 Å². The van der Waals surface area contributed by atoms with Gasteiger partial charge in [0, 0.05) is 34.1 Å². The predicted molar refractivity (Wildman–Crippen MR) is 120 cm³/mol. The largest absolute Gasteiger partial charge is 0.361 e. The molecule has 1 unspecified atom stereocenters. The monoisotopic (exact) mass is 417 g/mol. The summed E-state index contributed by atoms with van der Waals surface area (Å²) in [6.07, 6.45) is 2.86. The Labute approximate surface area is 178 Å². The van der Waals surface area contributed by atoms with Crippen molar-refractivity contribution in [1.29, 1.82) is 0 Å². The Bertz CT molecular complexity index is 1270. The van der Waals surface area contributed by atoms with Gasteiger partial charge in [-0.3, -0.25) is 9.59 Å². The van der Waals surface area contributed by atoms with Gasteiger partial charge < -0.3 is 10.3 Å². The zero-order valence-corrected chi connectivity index (χ0v) is 16.9. The zero-order chi connectivity index (χ0) is 20.7. The van der Waals surface area contributed by atoms with Crippen LogP contribution in [-0.4, -0.2) is 29.4 Å². The standard InChI is InChI=1S/C24H20ClN3O2/c25-17-8-9-20-19(12-17)16(14-27-20)10-11-26-21-13-23(29)28(24(21)30)22-7-3-5-15-4-1-2-6-18(15)22/h1-9,12,14,21,26-27H,10-11,13H2. The molecular formula is C24H20ClN3O2. The lowest BCUT2D eigenvalue weighted by Crippen LogP contribution is -2.39. The maximum atomic E-state index is 13.0. The van der Waals surface area contributed by atoms with Crippen LogP contribution >= 0.6 is 11.6 Å². The molecule has 0 spiro atoms. The third-order valence-electron chi connectivity index (χ3n) is 5.67. The van der Waals surface area contributed by atoms with Crippen LogP contribution in [0, 0.1) is 0 Å². The number of rotatable bonds is 5. The minimum atomic E-state index is -0.509. The first-order valence-electron chi connectivity index (χ1n) is 9.95. The van der Waals surface area contributed by atoms with E-state index >= 15 is 0 Å². The highest BCUT2D eigenvalue weighted by Gasteiger charge is 2.39. The fourth-order valence-corrected chi connectivity index (χ4v) is 4.36. The second-order valence-corrected chi connectivity index (χ2v) is 7.97. The molecule has 4 aromatic rings. The van der Waals surface area contributed by atoms with Crippen molar-refractivity contribution >= 4 is 50.8 Å². The van der Waals surface area contributed by atoms with E-state index in [0.717, 1.165) is 33.7 Å². The highest BCUT2D eigenvalue weighted by molar-refractivity contribution is 6.31. The SMILES string of the molecule is O=C1CC(NCCc2c[nH]c3ccc(Cl)cc23)C(=O)N1c1cccc2ccccc12. The molecule has 5 rings (SSSR count). The number of nitrogens with zero attached hydrogens (tertiary/aromatic N) is 1. The van der Waals surface area contributed by atoms with Crippen molar-refractivity contribution in [2.45, 2.75) is 18.9 Å². The molecule has 1 atom stereocenters. The second kappa shape index (κ2) is 7.59. The Morgan fingerprint density at radius 3 is 2.77 bits per heavy atom. The smallest absolute Gasteiger partial charge is 0.251 e. The Morgan fingerprint density at radius 2 is 1.87 bits per heavy atom. The van der Waals surface area contributed by atoms with Gasteiger partial charge in [-0.05, 0) is 41.6 Å². The van der Waals surface area contributed by atoms with Gasteiger partial charge in [0.25, 0.3) is 5.91 Å². The van der Waals surface area contributed by atoms with Crippen LogP contribution in [0.1, 0.15) is 12.0 Å². The van der Waals surface area contributed by atoms with Crippen LogP contribution in [0.2, 0.25) is 5.02 Å². The van der Waals surface area contributed by atoms with E-state index in [9.17, 15) is 9.59 Å². The van der Waals surface area contributed by atoms with Crippen LogP contribution in [-0.2, 0) is 16.0 Å². The Kier molecular flexibility index (Phi) is 4.77. The number of nitrogens with one attached hydrogen (secondary N) is 2. The number of hydrogen-bond acceptors (Lipinski definition) is 3. The molecule has 0 aliphatic carbocycles. The number of fused-ring (bicyclic) bond motifs is 2. The highest BCUT2D eigenvalue weighted by Crippen LogP contribution is 2.30. The van der Waals surface area contributed by atoms with Crippen molar-refractivity contribution in [3.05, 3.63) is 77.4 Å². The van der Waals surface area contributed by atoms with E-state index in [-0.39, 0.29) is 18.2 Å². The number of halogens is 1. The van der Waals surface area contributed by atoms with E-state index in [0.29, 0.717) is 17.3 Å². The van der Waals surface area contributed by atoms with Crippen molar-refractivity contribution in [3.8, 4) is 0 Å². The molecule has 1 aliphatic rings. The van der Waals surface area contributed by atoms with Crippen LogP contribution in [0.25, 0.3) is 21.7 Å². The van der Waals surface area contributed by atoms with Crippen molar-refractivity contribution < 1.29 is 9.59 Å². The number of H-pyrrole nitrogens is 1. The van der Waals surface area contributed by atoms with E-state index < -0.39 is 6.04 Å². The lowest BCUT2D eigenvalue weighted by molar-refractivity contribution is -0.121. The predicted octanol–water partition coefficient (Wildman–Crippen LogP) is 4.44. The van der Waals surface area contributed by atoms with Crippen molar-refractivity contribution in [2.75, 3.05) is 11.4 Å². The van der Waals surface area contributed by atoms with Gasteiger partial charge in [0.05, 0.1) is 18.2 Å². The molecule has 0 bridgehead atoms. The van der Waals surface area contributed by atoms with Crippen LogP contribution in [0.5, 0.6) is 0 Å². The molecule has 5 nitrogen and oxygen atoms in total. The molecule has 1 aromatic heterocycles. The summed E-state index contributed by atoms with van der Waals surface area (Å²) in [5, 5.41) is 6.95. The number of carbonyl (C=O) groups is 2. The van der Waals surface area contributed by atoms with Crippen molar-refractivity contribution in [1.82, 2.24) is 10.3 Å². The number of aromatic nitrogens is 1. The number of imide groups is 1. The lowest BCUT2D eigenvalue weighted by atomic mass is 10.1. The highest BCUT2D eigenvalue weighted by atomic mass is 35.5. The van der Waals surface area contributed by atoms with E-state index in [1.807, 2.05) is 66.9 Å². The van der Waals surface area contributed by atoms with Crippen LogP contribution in [0.15, 0.2) is 66.9 Å². The topological polar surface area (TPSA) is 65.2 Å². The molecule has 0 radical (unpaired) electrons. The normalized spacial score (nSPS) is 16.8. The lowest BCUT2D eigenvalue weighted by Gasteiger charge is -2.17. The molecule has 2 amide bonds. The first kappa shape index (κ1) is 18.9. The number of hydrogen-bond donors (Lipinski definition) is 2. The number of aromatic amines is 1. The molecule has 150 valence electrons. The quantitative estimate of drug-likeness (QED) is 0.472. The summed E-state index contributed by atoms with van der Waals surface area (Å²) < 4.78 is 0. The summed E-state index contributed by atoms with van der Waals surface area (Å²) in [6.45, 7) is 0.590. The van der Waals surface area contributed by atoms with Gasteiger partial charge in [-0.2, -0.15) is 0 Å². The second-order valence-electron chi connectivity index (χ2n) is 7.53. The summed E-state index contributed by atoms with van der Waals surface area (Å²) in [5.41, 5.74) is 2.81. The molecule has 0 saturated carbocycles. The van der Waals surface area contributed by atoms with E-state index in [1.165, 1.54) is 4.90 Å². The molecule has 3 aromatic carbocycles. The summed E-state index contributed by atoms with van der Waals surface area (Å²) in [4.78, 5) is 30.3. The van der Waals surface area contributed by atoms with E-state index in [2.05, 4.69) is 10.3 Å². The van der Waals surface area contributed by atoms with Crippen molar-refractivity contribution in [3.63, 3.8) is 0 Å². The van der Waals surface area contributed by atoms with E-state index in [1.54, 1.807) is 0 Å². The summed E-state index contributed by atoms with van der Waals surface area (Å²) >= 11 is 6.12. The summed E-state index contributed by atoms with van der Waals surface area (Å²) in [6, 6.07) is 18.7. The zero-order valence-electron chi connectivity index (χ0n) is 16.2. The van der Waals surface area contributed by atoms with Crippen LogP contribution in [0.4, 0.5) is 5.69 Å². The van der Waals surface area contributed by atoms with Gasteiger partial charge in [-0.15, -0.1) is 0 Å². The Hall–Kier alpha value is -3.15. The van der Waals surface area contributed by atoms with Gasteiger partial charge in [0.2, 0.25) is 5.91 Å². The van der Waals surface area contributed by atoms with Gasteiger partial charge in [-0.1, -0.05) is 48.0 Å². The minimum absolute atomic E-state index is 0.168. The van der Waals surface area contributed by atoms with Crippen LogP contribution in [0.3, 0.4) is 0 Å². The molecule has 1 fully saturated rings. The fraction of sp³-hybridized carbons (Fsp3) is 0.167. The van der Waals surface area contributed by atoms with Gasteiger partial charge >= 0.3 is 0 Å². The summed E-state index contributed by atoms with van der Waals surface area (Å²) in [5.74, 6) is -0.369. The molecule has 1 aliphatic heterocycles. The third-order valence-corrected chi connectivity index (χ3v) is 5.90. The Morgan fingerprint density at radius 1 is 1.03 bits per heavy atom. The molecule has 6 heteroatoms. The first-order valence-corrected chi connectivity index (χ1v) is 10.3. The minimum Gasteiger partial charge on any atom is -0.361 e.